The summed E-state index contributed by atoms with van der Waals surface area (Å²) >= 11 is 0. The highest BCUT2D eigenvalue weighted by Crippen LogP contribution is 2.31. The van der Waals surface area contributed by atoms with Gasteiger partial charge < -0.3 is 0 Å². The van der Waals surface area contributed by atoms with Crippen molar-refractivity contribution in [2.75, 3.05) is 0 Å². The summed E-state index contributed by atoms with van der Waals surface area (Å²) < 4.78 is 0. The Morgan fingerprint density at radius 3 is 2.72 bits per heavy atom. The molecule has 0 aliphatic heterocycles. The Morgan fingerprint density at radius 1 is 1.28 bits per heavy atom. The van der Waals surface area contributed by atoms with Crippen molar-refractivity contribution in [1.29, 1.82) is 0 Å². The van der Waals surface area contributed by atoms with Crippen LogP contribution in [0.5, 0.6) is 0 Å². The Labute approximate surface area is 146 Å². The van der Waals surface area contributed by atoms with Crippen LogP contribution in [0.4, 0.5) is 0 Å². The van der Waals surface area contributed by atoms with Crippen molar-refractivity contribution >= 4 is 22.4 Å². The van der Waals surface area contributed by atoms with E-state index in [2.05, 4.69) is 41.5 Å². The fraction of sp³-hybridized carbons (Fsp3) is 0.474. The first-order valence-corrected chi connectivity index (χ1v) is 8.81. The number of nitrogens with one attached hydrogen (secondary N) is 2. The number of fused-ring (bicyclic) bond motifs is 1. The molecular formula is C19H24N4O2. The van der Waals surface area contributed by atoms with E-state index in [-0.39, 0.29) is 11.3 Å². The van der Waals surface area contributed by atoms with Gasteiger partial charge in [-0.15, -0.1) is 0 Å². The number of aromatic amines is 1. The molecule has 1 aliphatic rings. The summed E-state index contributed by atoms with van der Waals surface area (Å²) in [6.45, 7) is 6.59. The molecule has 1 saturated carbocycles. The molecular weight excluding hydrogens is 316 g/mol. The molecule has 1 aromatic carbocycles. The van der Waals surface area contributed by atoms with Gasteiger partial charge in [-0.1, -0.05) is 39.0 Å². The topological polar surface area (TPSA) is 87.2 Å². The molecule has 6 nitrogen and oxygen atoms in total. The summed E-state index contributed by atoms with van der Waals surface area (Å²) in [4.78, 5) is 24.4. The van der Waals surface area contributed by atoms with Gasteiger partial charge in [0.05, 0.1) is 5.39 Å². The average molecular weight is 340 g/mol. The van der Waals surface area contributed by atoms with Crippen molar-refractivity contribution in [3.05, 3.63) is 40.3 Å². The van der Waals surface area contributed by atoms with Gasteiger partial charge in [-0.05, 0) is 37.2 Å². The summed E-state index contributed by atoms with van der Waals surface area (Å²) in [5.41, 5.74) is 3.58. The lowest BCUT2D eigenvalue weighted by atomic mass is 9.76. The van der Waals surface area contributed by atoms with Gasteiger partial charge in [-0.25, -0.2) is 10.5 Å². The molecule has 1 amide bonds. The lowest BCUT2D eigenvalue weighted by molar-refractivity contribution is 0.0950. The van der Waals surface area contributed by atoms with Crippen LogP contribution in [0.15, 0.2) is 34.2 Å². The van der Waals surface area contributed by atoms with Crippen molar-refractivity contribution in [1.82, 2.24) is 15.6 Å². The van der Waals surface area contributed by atoms with Crippen LogP contribution in [0.1, 0.15) is 50.5 Å². The summed E-state index contributed by atoms with van der Waals surface area (Å²) in [5.74, 6) is 1.07. The first-order valence-electron chi connectivity index (χ1n) is 8.81. The monoisotopic (exact) mass is 340 g/mol. The Bertz CT molecular complexity index is 869. The van der Waals surface area contributed by atoms with Gasteiger partial charge in [0, 0.05) is 17.0 Å². The first-order chi connectivity index (χ1) is 12.0. The predicted octanol–water partition coefficient (Wildman–Crippen LogP) is 3.10. The van der Waals surface area contributed by atoms with Crippen molar-refractivity contribution in [3.63, 3.8) is 0 Å². The van der Waals surface area contributed by atoms with Crippen molar-refractivity contribution < 1.29 is 4.79 Å². The second kappa shape index (κ2) is 7.17. The number of carbonyl (C=O) groups is 1. The third-order valence-electron chi connectivity index (χ3n) is 4.97. The van der Waals surface area contributed by atoms with Crippen molar-refractivity contribution in [2.24, 2.45) is 22.9 Å². The third-order valence-corrected chi connectivity index (χ3v) is 4.97. The third kappa shape index (κ3) is 3.62. The van der Waals surface area contributed by atoms with Crippen LogP contribution in [-0.4, -0.2) is 21.8 Å². The Balaban J connectivity index is 1.87. The fourth-order valence-corrected chi connectivity index (χ4v) is 3.55. The fourth-order valence-electron chi connectivity index (χ4n) is 3.55. The molecule has 0 saturated heterocycles. The molecule has 0 bridgehead atoms. The number of carbonyl (C=O) groups excluding carboxylic acids is 1. The minimum absolute atomic E-state index is 0.185. The molecule has 2 atom stereocenters. The van der Waals surface area contributed by atoms with Gasteiger partial charge in [0.1, 0.15) is 0 Å². The van der Waals surface area contributed by atoms with E-state index in [1.807, 2.05) is 0 Å². The van der Waals surface area contributed by atoms with Crippen LogP contribution in [0.25, 0.3) is 10.8 Å². The lowest BCUT2D eigenvalue weighted by Gasteiger charge is -2.30. The van der Waals surface area contributed by atoms with Crippen LogP contribution in [0, 0.1) is 17.8 Å². The molecule has 0 radical (unpaired) electrons. The molecule has 2 aromatic rings. The van der Waals surface area contributed by atoms with Crippen molar-refractivity contribution in [3.8, 4) is 0 Å². The molecule has 1 aromatic heterocycles. The Morgan fingerprint density at radius 2 is 2.00 bits per heavy atom. The maximum Gasteiger partial charge on any atom is 0.292 e. The van der Waals surface area contributed by atoms with E-state index in [1.54, 1.807) is 24.3 Å². The number of H-pyrrole nitrogens is 1. The maximum atomic E-state index is 12.6. The number of hydrazone groups is 1. The molecule has 1 aliphatic carbocycles. The van der Waals surface area contributed by atoms with E-state index in [9.17, 15) is 9.59 Å². The zero-order chi connectivity index (χ0) is 18.0. The summed E-state index contributed by atoms with van der Waals surface area (Å²) in [5, 5.41) is 11.7. The second-order valence-electron chi connectivity index (χ2n) is 7.23. The molecule has 1 heterocycles. The van der Waals surface area contributed by atoms with Gasteiger partial charge in [0.15, 0.2) is 5.69 Å². The van der Waals surface area contributed by atoms with Gasteiger partial charge in [-0.2, -0.15) is 10.2 Å². The minimum atomic E-state index is -0.402. The summed E-state index contributed by atoms with van der Waals surface area (Å²) in [6.07, 6.45) is 3.21. The number of benzene rings is 1. The van der Waals surface area contributed by atoms with Gasteiger partial charge in [-0.3, -0.25) is 9.59 Å². The quantitative estimate of drug-likeness (QED) is 0.842. The summed E-state index contributed by atoms with van der Waals surface area (Å²) in [7, 11) is 0. The van der Waals surface area contributed by atoms with Crippen LogP contribution in [0.3, 0.4) is 0 Å². The number of aromatic nitrogens is 2. The minimum Gasteiger partial charge on any atom is -0.267 e. The standard InChI is InChI=1S/C19H24N4O2/c1-11(2)13-9-8-12(3)10-16(13)20-23-19(25)17-14-6-4-5-7-15(14)18(24)22-21-17/h4-7,11-13H,8-10H2,1-3H3,(H,22,24)(H,23,25)/b20-16-/t12-,13+/m0/s1. The largest absolute Gasteiger partial charge is 0.292 e. The van der Waals surface area contributed by atoms with Gasteiger partial charge >= 0.3 is 0 Å². The number of amides is 1. The highest BCUT2D eigenvalue weighted by Gasteiger charge is 2.27. The van der Waals surface area contributed by atoms with Gasteiger partial charge in [0.2, 0.25) is 0 Å². The maximum absolute atomic E-state index is 12.6. The van der Waals surface area contributed by atoms with Crippen LogP contribution >= 0.6 is 0 Å². The van der Waals surface area contributed by atoms with Gasteiger partial charge in [0.25, 0.3) is 11.5 Å². The highest BCUT2D eigenvalue weighted by atomic mass is 16.2. The number of rotatable bonds is 3. The number of nitrogens with zero attached hydrogens (tertiary/aromatic N) is 2. The molecule has 3 rings (SSSR count). The zero-order valence-corrected chi connectivity index (χ0v) is 14.9. The van der Waals surface area contributed by atoms with E-state index in [0.717, 1.165) is 18.6 Å². The van der Waals surface area contributed by atoms with E-state index in [4.69, 9.17) is 0 Å². The smallest absolute Gasteiger partial charge is 0.267 e. The molecule has 6 heteroatoms. The Kier molecular flexibility index (Phi) is 4.97. The van der Waals surface area contributed by atoms with E-state index < -0.39 is 5.91 Å². The lowest BCUT2D eigenvalue weighted by Crippen LogP contribution is -2.31. The van der Waals surface area contributed by atoms with Crippen LogP contribution in [0.2, 0.25) is 0 Å². The molecule has 25 heavy (non-hydrogen) atoms. The van der Waals surface area contributed by atoms with Crippen molar-refractivity contribution in [2.45, 2.75) is 40.0 Å². The number of hydrogen-bond donors (Lipinski definition) is 2. The zero-order valence-electron chi connectivity index (χ0n) is 14.9. The second-order valence-corrected chi connectivity index (χ2v) is 7.23. The first kappa shape index (κ1) is 17.3. The average Bonchev–Trinajstić information content (AvgIpc) is 2.60. The SMILES string of the molecule is CC(C)[C@H]1CC[C@H](C)C/C1=N/NC(=O)c1n[nH]c(=O)c2ccccc12. The van der Waals surface area contributed by atoms with Crippen LogP contribution < -0.4 is 11.0 Å². The molecule has 132 valence electrons. The molecule has 2 N–H and O–H groups in total. The normalized spacial score (nSPS) is 22.5. The molecule has 0 spiro atoms. The van der Waals surface area contributed by atoms with E-state index in [1.165, 1.54) is 6.42 Å². The molecule has 1 fully saturated rings. The van der Waals surface area contributed by atoms with Crippen LogP contribution in [-0.2, 0) is 0 Å². The predicted molar refractivity (Wildman–Crippen MR) is 98.6 cm³/mol. The Hall–Kier alpha value is -2.50. The van der Waals surface area contributed by atoms with E-state index >= 15 is 0 Å². The summed E-state index contributed by atoms with van der Waals surface area (Å²) in [6, 6.07) is 6.94. The highest BCUT2D eigenvalue weighted by molar-refractivity contribution is 6.05. The number of hydrogen-bond acceptors (Lipinski definition) is 4. The molecule has 0 unspecified atom stereocenters. The van der Waals surface area contributed by atoms with E-state index in [0.29, 0.717) is 28.5 Å².